The van der Waals surface area contributed by atoms with Gasteiger partial charge in [-0.2, -0.15) is 10.2 Å². The van der Waals surface area contributed by atoms with Crippen LogP contribution >= 0.6 is 23.2 Å². The molecule has 0 bridgehead atoms. The van der Waals surface area contributed by atoms with E-state index in [1.54, 1.807) is 19.1 Å². The van der Waals surface area contributed by atoms with Gasteiger partial charge in [0.25, 0.3) is 10.0 Å². The van der Waals surface area contributed by atoms with Crippen LogP contribution in [0.15, 0.2) is 78.3 Å². The number of rotatable bonds is 8. The van der Waals surface area contributed by atoms with E-state index in [-0.39, 0.29) is 32.7 Å². The van der Waals surface area contributed by atoms with Crippen molar-refractivity contribution >= 4 is 49.8 Å². The van der Waals surface area contributed by atoms with Crippen LogP contribution in [0.1, 0.15) is 18.5 Å². The molecule has 5 aromatic rings. The van der Waals surface area contributed by atoms with Crippen LogP contribution in [0.25, 0.3) is 10.9 Å². The van der Waals surface area contributed by atoms with E-state index in [0.29, 0.717) is 17.0 Å². The van der Waals surface area contributed by atoms with Gasteiger partial charge in [-0.3, -0.25) is 9.40 Å². The molecular weight excluding hydrogens is 573 g/mol. The van der Waals surface area contributed by atoms with Crippen LogP contribution < -0.4 is 4.72 Å². The van der Waals surface area contributed by atoms with Gasteiger partial charge in [0.2, 0.25) is 0 Å². The maximum atomic E-state index is 14.9. The molecule has 0 saturated heterocycles. The number of aromatic nitrogens is 5. The zero-order valence-electron chi connectivity index (χ0n) is 20.1. The molecule has 2 atom stereocenters. The average Bonchev–Trinajstić information content (AvgIpc) is 3.54. The van der Waals surface area contributed by atoms with Crippen molar-refractivity contribution in [1.82, 2.24) is 24.5 Å². The Morgan fingerprint density at radius 3 is 2.62 bits per heavy atom. The highest BCUT2D eigenvalue weighted by Gasteiger charge is 2.41. The molecule has 202 valence electrons. The van der Waals surface area contributed by atoms with Crippen LogP contribution in [0, 0.1) is 11.6 Å². The molecule has 5 rings (SSSR count). The normalized spacial score (nSPS) is 14.3. The molecule has 9 nitrogen and oxygen atoms in total. The Hall–Kier alpha value is -3.58. The Bertz CT molecular complexity index is 1780. The fourth-order valence-corrected chi connectivity index (χ4v) is 6.19. The van der Waals surface area contributed by atoms with E-state index >= 15 is 0 Å². The Morgan fingerprint density at radius 2 is 1.90 bits per heavy atom. The number of hydrogen-bond donors (Lipinski definition) is 2. The van der Waals surface area contributed by atoms with Gasteiger partial charge in [0.1, 0.15) is 34.8 Å². The average molecular weight is 593 g/mol. The number of halogens is 4. The molecular formula is C25H20Cl2F2N6O3S. The number of fused-ring (bicyclic) bond motifs is 1. The minimum atomic E-state index is -4.06. The van der Waals surface area contributed by atoms with Gasteiger partial charge in [0.15, 0.2) is 0 Å². The smallest absolute Gasteiger partial charge is 0.263 e. The first-order valence-electron chi connectivity index (χ1n) is 11.4. The highest BCUT2D eigenvalue weighted by molar-refractivity contribution is 7.92. The zero-order chi connectivity index (χ0) is 27.9. The van der Waals surface area contributed by atoms with E-state index in [4.69, 9.17) is 23.2 Å². The number of benzene rings is 3. The molecule has 2 aromatic heterocycles. The monoisotopic (exact) mass is 592 g/mol. The lowest BCUT2D eigenvalue weighted by molar-refractivity contribution is -0.0354. The first-order chi connectivity index (χ1) is 18.5. The lowest BCUT2D eigenvalue weighted by Gasteiger charge is -2.35. The van der Waals surface area contributed by atoms with Gasteiger partial charge in [-0.25, -0.2) is 26.9 Å². The van der Waals surface area contributed by atoms with Crippen LogP contribution in [0.4, 0.5) is 14.5 Å². The van der Waals surface area contributed by atoms with Crippen molar-refractivity contribution in [3.63, 3.8) is 0 Å². The van der Waals surface area contributed by atoms with Crippen LogP contribution in [-0.2, 0) is 22.2 Å². The van der Waals surface area contributed by atoms with E-state index in [0.717, 1.165) is 6.07 Å². The van der Waals surface area contributed by atoms with Gasteiger partial charge in [0, 0.05) is 22.7 Å². The SMILES string of the molecule is C[C@@H](n1ncc2cc(NS(=O)(=O)c3cccc(Cl)c3Cl)ccc21)[C@](O)(Cn1cncn1)c1ccc(F)cc1F. The van der Waals surface area contributed by atoms with Crippen molar-refractivity contribution in [3.05, 3.63) is 101 Å². The third-order valence-electron chi connectivity index (χ3n) is 6.38. The molecule has 0 saturated carbocycles. The summed E-state index contributed by atoms with van der Waals surface area (Å²) in [6, 6.07) is 11.0. The zero-order valence-corrected chi connectivity index (χ0v) is 22.5. The molecule has 0 aliphatic carbocycles. The minimum Gasteiger partial charge on any atom is -0.381 e. The standard InChI is InChI=1S/C25H20Cl2F2N6O3S/c1-15(25(36,12-34-14-30-13-32-34)19-7-5-17(28)10-21(19)29)35-22-8-6-18(9-16(22)11-31-35)33-39(37,38)23-4-2-3-20(26)24(23)27/h2-11,13-15,33,36H,12H2,1H3/t15-,25-/m1/s1. The molecule has 14 heteroatoms. The third kappa shape index (κ3) is 5.08. The number of aliphatic hydroxyl groups is 1. The summed E-state index contributed by atoms with van der Waals surface area (Å²) in [6.45, 7) is 1.42. The van der Waals surface area contributed by atoms with Crippen molar-refractivity contribution < 1.29 is 22.3 Å². The lowest BCUT2D eigenvalue weighted by atomic mass is 9.86. The van der Waals surface area contributed by atoms with E-state index in [1.807, 2.05) is 0 Å². The predicted molar refractivity (Wildman–Crippen MR) is 142 cm³/mol. The minimum absolute atomic E-state index is 0.0984. The topological polar surface area (TPSA) is 115 Å². The van der Waals surface area contributed by atoms with Gasteiger partial charge >= 0.3 is 0 Å². The first-order valence-corrected chi connectivity index (χ1v) is 13.7. The maximum absolute atomic E-state index is 14.9. The highest BCUT2D eigenvalue weighted by atomic mass is 35.5. The fraction of sp³-hybridized carbons (Fsp3) is 0.160. The summed E-state index contributed by atoms with van der Waals surface area (Å²) in [6.07, 6.45) is 4.12. The predicted octanol–water partition coefficient (Wildman–Crippen LogP) is 5.16. The summed E-state index contributed by atoms with van der Waals surface area (Å²) in [4.78, 5) is 3.69. The van der Waals surface area contributed by atoms with Crippen LogP contribution in [0.2, 0.25) is 10.0 Å². The second-order valence-electron chi connectivity index (χ2n) is 8.84. The number of anilines is 1. The highest BCUT2D eigenvalue weighted by Crippen LogP contribution is 2.38. The van der Waals surface area contributed by atoms with Gasteiger partial charge in [-0.05, 0) is 43.3 Å². The molecule has 0 fully saturated rings. The molecule has 39 heavy (non-hydrogen) atoms. The van der Waals surface area contributed by atoms with E-state index in [2.05, 4.69) is 19.9 Å². The van der Waals surface area contributed by atoms with E-state index < -0.39 is 33.3 Å². The van der Waals surface area contributed by atoms with Crippen LogP contribution in [-0.4, -0.2) is 38.1 Å². The van der Waals surface area contributed by atoms with Crippen molar-refractivity contribution in [1.29, 1.82) is 0 Å². The molecule has 2 N–H and O–H groups in total. The quantitative estimate of drug-likeness (QED) is 0.257. The van der Waals surface area contributed by atoms with Crippen molar-refractivity contribution in [2.75, 3.05) is 4.72 Å². The summed E-state index contributed by atoms with van der Waals surface area (Å²) >= 11 is 12.1. The summed E-state index contributed by atoms with van der Waals surface area (Å²) in [5, 5.41) is 20.8. The number of nitrogens with zero attached hydrogens (tertiary/aromatic N) is 5. The van der Waals surface area contributed by atoms with Crippen molar-refractivity contribution in [3.8, 4) is 0 Å². The van der Waals surface area contributed by atoms with Gasteiger partial charge in [0.05, 0.1) is 34.3 Å². The molecule has 0 aliphatic heterocycles. The Balaban J connectivity index is 1.52. The summed E-state index contributed by atoms with van der Waals surface area (Å²) in [5.41, 5.74) is -1.34. The van der Waals surface area contributed by atoms with Crippen molar-refractivity contribution in [2.45, 2.75) is 30.0 Å². The van der Waals surface area contributed by atoms with E-state index in [1.165, 1.54) is 58.5 Å². The third-order valence-corrected chi connectivity index (χ3v) is 8.73. The Kier molecular flexibility index (Phi) is 7.06. The Morgan fingerprint density at radius 1 is 1.10 bits per heavy atom. The number of hydrogen-bond acceptors (Lipinski definition) is 6. The fourth-order valence-electron chi connectivity index (χ4n) is 4.37. The summed E-state index contributed by atoms with van der Waals surface area (Å²) < 4.78 is 59.8. The van der Waals surface area contributed by atoms with Gasteiger partial charge in [-0.15, -0.1) is 0 Å². The summed E-state index contributed by atoms with van der Waals surface area (Å²) in [5.74, 6) is -1.72. The van der Waals surface area contributed by atoms with Crippen molar-refractivity contribution in [2.24, 2.45) is 0 Å². The molecule has 0 amide bonds. The number of nitrogens with one attached hydrogen (secondary N) is 1. The van der Waals surface area contributed by atoms with Crippen LogP contribution in [0.3, 0.4) is 0 Å². The second kappa shape index (κ2) is 10.2. The maximum Gasteiger partial charge on any atom is 0.263 e. The summed E-state index contributed by atoms with van der Waals surface area (Å²) in [7, 11) is -4.06. The first kappa shape index (κ1) is 27.0. The molecule has 0 spiro atoms. The Labute approximate surface area is 231 Å². The van der Waals surface area contributed by atoms with Gasteiger partial charge < -0.3 is 5.11 Å². The van der Waals surface area contributed by atoms with Gasteiger partial charge in [-0.1, -0.05) is 35.3 Å². The lowest BCUT2D eigenvalue weighted by Crippen LogP contribution is -2.41. The molecule has 2 heterocycles. The number of sulfonamides is 1. The molecule has 0 unspecified atom stereocenters. The van der Waals surface area contributed by atoms with E-state index in [9.17, 15) is 22.3 Å². The second-order valence-corrected chi connectivity index (χ2v) is 11.3. The molecule has 0 radical (unpaired) electrons. The van der Waals surface area contributed by atoms with Crippen LogP contribution in [0.5, 0.6) is 0 Å². The largest absolute Gasteiger partial charge is 0.381 e. The molecule has 3 aromatic carbocycles. The molecule has 0 aliphatic rings.